The summed E-state index contributed by atoms with van der Waals surface area (Å²) in [4.78, 5) is 16.3. The third-order valence-electron chi connectivity index (χ3n) is 8.69. The maximum atomic E-state index is 13.3. The Balaban J connectivity index is 1.38. The van der Waals surface area contributed by atoms with Gasteiger partial charge in [0.15, 0.2) is 0 Å². The van der Waals surface area contributed by atoms with Gasteiger partial charge < -0.3 is 9.33 Å². The van der Waals surface area contributed by atoms with Gasteiger partial charge in [0, 0.05) is 41.0 Å². The van der Waals surface area contributed by atoms with Gasteiger partial charge in [0.25, 0.3) is 8.32 Å². The minimum absolute atomic E-state index is 0.0296. The molecule has 0 saturated carbocycles. The predicted molar refractivity (Wildman–Crippen MR) is 183 cm³/mol. The number of hydrogen-bond donors (Lipinski definition) is 0. The molecule has 0 amide bonds. The van der Waals surface area contributed by atoms with Crippen LogP contribution in [0.25, 0.3) is 28.7 Å². The van der Waals surface area contributed by atoms with E-state index >= 15 is 0 Å². The van der Waals surface area contributed by atoms with Crippen LogP contribution in [0.4, 0.5) is 13.2 Å². The zero-order chi connectivity index (χ0) is 33.2. The lowest BCUT2D eigenvalue weighted by molar-refractivity contribution is -0.137. The van der Waals surface area contributed by atoms with Crippen molar-refractivity contribution in [2.75, 3.05) is 13.3 Å². The van der Waals surface area contributed by atoms with Gasteiger partial charge in [-0.05, 0) is 52.7 Å². The number of hydrogen-bond acceptors (Lipinski definition) is 5. The number of pyridine rings is 2. The van der Waals surface area contributed by atoms with E-state index in [0.717, 1.165) is 28.3 Å². The SMILES string of the molecule is CC(CO[Si](c1ccccc1)(c1ccccc1)C(C)(C)C)N1C=c2cc(-c3ccc(C(F)(F)F)cc3)nc(-c3cccnc3)c2=NC1. The molecule has 6 rings (SSSR count). The summed E-state index contributed by atoms with van der Waals surface area (Å²) in [6.07, 6.45) is 1.06. The molecule has 1 unspecified atom stereocenters. The van der Waals surface area contributed by atoms with Crippen molar-refractivity contribution >= 4 is 24.9 Å². The second-order valence-electron chi connectivity index (χ2n) is 12.9. The van der Waals surface area contributed by atoms with Gasteiger partial charge >= 0.3 is 6.18 Å². The van der Waals surface area contributed by atoms with Crippen LogP contribution in [0.2, 0.25) is 5.04 Å². The number of benzene rings is 3. The summed E-state index contributed by atoms with van der Waals surface area (Å²) < 4.78 is 47.1. The average Bonchev–Trinajstić information content (AvgIpc) is 3.08. The van der Waals surface area contributed by atoms with Crippen LogP contribution in [-0.4, -0.2) is 42.5 Å². The van der Waals surface area contributed by atoms with Crippen molar-refractivity contribution in [1.29, 1.82) is 0 Å². The molecular formula is C38H37F3N4OSi. The summed E-state index contributed by atoms with van der Waals surface area (Å²) in [6, 6.07) is 31.8. The summed E-state index contributed by atoms with van der Waals surface area (Å²) in [5.41, 5.74) is 1.86. The molecule has 0 saturated heterocycles. The maximum absolute atomic E-state index is 13.3. The van der Waals surface area contributed by atoms with E-state index in [1.54, 1.807) is 12.4 Å². The summed E-state index contributed by atoms with van der Waals surface area (Å²) >= 11 is 0. The van der Waals surface area contributed by atoms with E-state index in [0.29, 0.717) is 30.2 Å². The van der Waals surface area contributed by atoms with E-state index < -0.39 is 20.1 Å². The molecule has 1 aliphatic heterocycles. The Morgan fingerprint density at radius 3 is 2.02 bits per heavy atom. The second-order valence-corrected chi connectivity index (χ2v) is 17.2. The normalized spacial score (nSPS) is 14.1. The van der Waals surface area contributed by atoms with Gasteiger partial charge in [-0.2, -0.15) is 13.2 Å². The number of alkyl halides is 3. The molecule has 0 radical (unpaired) electrons. The first-order chi connectivity index (χ1) is 22.5. The van der Waals surface area contributed by atoms with Crippen LogP contribution in [0, 0.1) is 0 Å². The second kappa shape index (κ2) is 12.9. The first-order valence-electron chi connectivity index (χ1n) is 15.6. The minimum atomic E-state index is -4.41. The number of aromatic nitrogens is 2. The van der Waals surface area contributed by atoms with E-state index in [1.807, 2.05) is 30.3 Å². The lowest BCUT2D eigenvalue weighted by atomic mass is 10.0. The number of halogens is 3. The Morgan fingerprint density at radius 2 is 1.47 bits per heavy atom. The van der Waals surface area contributed by atoms with E-state index in [4.69, 9.17) is 14.4 Å². The van der Waals surface area contributed by atoms with Crippen LogP contribution in [-0.2, 0) is 10.6 Å². The topological polar surface area (TPSA) is 50.6 Å². The molecule has 47 heavy (non-hydrogen) atoms. The van der Waals surface area contributed by atoms with Crippen LogP contribution in [0.5, 0.6) is 0 Å². The molecule has 0 fully saturated rings. The molecule has 5 aromatic rings. The molecule has 3 heterocycles. The first kappa shape index (κ1) is 32.3. The van der Waals surface area contributed by atoms with Gasteiger partial charge in [0.1, 0.15) is 6.67 Å². The van der Waals surface area contributed by atoms with Crippen molar-refractivity contribution in [2.45, 2.75) is 45.0 Å². The quantitative estimate of drug-likeness (QED) is 0.182. The fourth-order valence-corrected chi connectivity index (χ4v) is 10.9. The van der Waals surface area contributed by atoms with Crippen LogP contribution >= 0.6 is 0 Å². The number of rotatable bonds is 8. The fraction of sp³-hybridized carbons (Fsp3) is 0.237. The van der Waals surface area contributed by atoms with E-state index in [1.165, 1.54) is 22.5 Å². The molecule has 3 aromatic carbocycles. The number of fused-ring (bicyclic) bond motifs is 1. The summed E-state index contributed by atoms with van der Waals surface area (Å²) in [6.45, 7) is 9.80. The summed E-state index contributed by atoms with van der Waals surface area (Å²) in [5.74, 6) is 0. The molecule has 1 aliphatic rings. The molecule has 240 valence electrons. The van der Waals surface area contributed by atoms with Crippen molar-refractivity contribution in [3.8, 4) is 22.5 Å². The molecule has 0 spiro atoms. The fourth-order valence-electron chi connectivity index (χ4n) is 6.25. The molecular weight excluding hydrogens is 614 g/mol. The molecule has 5 nitrogen and oxygen atoms in total. The lowest BCUT2D eigenvalue weighted by Gasteiger charge is -2.44. The van der Waals surface area contributed by atoms with Crippen LogP contribution in [0.15, 0.2) is 121 Å². The van der Waals surface area contributed by atoms with Gasteiger partial charge in [0.2, 0.25) is 0 Å². The zero-order valence-electron chi connectivity index (χ0n) is 26.9. The van der Waals surface area contributed by atoms with Gasteiger partial charge in [-0.15, -0.1) is 0 Å². The molecule has 0 bridgehead atoms. The van der Waals surface area contributed by atoms with Crippen molar-refractivity contribution in [1.82, 2.24) is 14.9 Å². The van der Waals surface area contributed by atoms with Gasteiger partial charge in [-0.1, -0.05) is 93.6 Å². The monoisotopic (exact) mass is 650 g/mol. The Morgan fingerprint density at radius 1 is 0.830 bits per heavy atom. The van der Waals surface area contributed by atoms with E-state index in [2.05, 4.69) is 92.3 Å². The average molecular weight is 651 g/mol. The molecule has 9 heteroatoms. The van der Waals surface area contributed by atoms with Crippen LogP contribution in [0.1, 0.15) is 33.3 Å². The van der Waals surface area contributed by atoms with Gasteiger partial charge in [-0.25, -0.2) is 4.98 Å². The highest BCUT2D eigenvalue weighted by Gasteiger charge is 2.50. The highest BCUT2D eigenvalue weighted by molar-refractivity contribution is 6.99. The van der Waals surface area contributed by atoms with Crippen molar-refractivity contribution < 1.29 is 17.6 Å². The van der Waals surface area contributed by atoms with E-state index in [-0.39, 0.29) is 11.1 Å². The zero-order valence-corrected chi connectivity index (χ0v) is 27.9. The first-order valence-corrected chi connectivity index (χ1v) is 17.5. The highest BCUT2D eigenvalue weighted by atomic mass is 28.4. The van der Waals surface area contributed by atoms with Crippen LogP contribution in [0.3, 0.4) is 0 Å². The Kier molecular flexibility index (Phi) is 8.87. The number of nitrogens with zero attached hydrogens (tertiary/aromatic N) is 4. The lowest BCUT2D eigenvalue weighted by Crippen LogP contribution is -2.67. The maximum Gasteiger partial charge on any atom is 0.416 e. The van der Waals surface area contributed by atoms with E-state index in [9.17, 15) is 13.2 Å². The van der Waals surface area contributed by atoms with Gasteiger partial charge in [0.05, 0.1) is 28.9 Å². The smallest absolute Gasteiger partial charge is 0.405 e. The molecule has 0 aliphatic carbocycles. The molecule has 0 N–H and O–H groups in total. The third kappa shape index (κ3) is 6.50. The predicted octanol–water partition coefficient (Wildman–Crippen LogP) is 6.43. The van der Waals surface area contributed by atoms with Crippen molar-refractivity contribution in [3.05, 3.63) is 132 Å². The van der Waals surface area contributed by atoms with Crippen molar-refractivity contribution in [3.63, 3.8) is 0 Å². The van der Waals surface area contributed by atoms with Crippen molar-refractivity contribution in [2.24, 2.45) is 4.99 Å². The molecule has 1 atom stereocenters. The largest absolute Gasteiger partial charge is 0.416 e. The van der Waals surface area contributed by atoms with Gasteiger partial charge in [-0.3, -0.25) is 9.98 Å². The highest BCUT2D eigenvalue weighted by Crippen LogP contribution is 2.37. The summed E-state index contributed by atoms with van der Waals surface area (Å²) in [5, 5.41) is 3.84. The Labute approximate surface area is 274 Å². The van der Waals surface area contributed by atoms with Crippen LogP contribution < -0.4 is 20.9 Å². The Bertz CT molecular complexity index is 1910. The summed E-state index contributed by atoms with van der Waals surface area (Å²) in [7, 11) is -2.74. The standard InChI is InChI=1S/C38H37F3N4OSi/c1-27(25-46-47(37(2,3)4,32-13-7-5-8-14-32)33-15-9-6-10-16-33)45-24-30-22-34(28-17-19-31(20-18-28)38(39,40)41)44-36(35(30)43-26-45)29-12-11-21-42-23-29/h5-24,27H,25-26H2,1-4H3. The Hall–Kier alpha value is -4.60. The third-order valence-corrected chi connectivity index (χ3v) is 13.7. The molecule has 2 aromatic heterocycles. The minimum Gasteiger partial charge on any atom is -0.405 e.